The zero-order chi connectivity index (χ0) is 23.3. The molecule has 2 atom stereocenters. The summed E-state index contributed by atoms with van der Waals surface area (Å²) in [6.07, 6.45) is 0.165. The molecule has 0 spiro atoms. The molecule has 1 aliphatic rings. The second-order valence-electron chi connectivity index (χ2n) is 7.86. The number of benzene rings is 2. The minimum absolute atomic E-state index is 0.147. The molecule has 1 aliphatic heterocycles. The fourth-order valence-corrected chi connectivity index (χ4v) is 3.42. The number of nitrogens with one attached hydrogen (secondary N) is 2. The number of nitrogens with zero attached hydrogens (tertiary/aromatic N) is 2. The van der Waals surface area contributed by atoms with Crippen LogP contribution in [0.15, 0.2) is 59.6 Å². The van der Waals surface area contributed by atoms with Crippen molar-refractivity contribution in [3.63, 3.8) is 0 Å². The highest BCUT2D eigenvalue weighted by Crippen LogP contribution is 2.31. The summed E-state index contributed by atoms with van der Waals surface area (Å²) in [5, 5.41) is 24.6. The van der Waals surface area contributed by atoms with Crippen molar-refractivity contribution in [3.8, 4) is 0 Å². The highest BCUT2D eigenvalue weighted by molar-refractivity contribution is 6.04. The van der Waals surface area contributed by atoms with Gasteiger partial charge in [0.15, 0.2) is 0 Å². The fraction of sp³-hybridized carbons (Fsp3) is 0.304. The van der Waals surface area contributed by atoms with E-state index in [1.807, 2.05) is 30.3 Å². The molecule has 0 bridgehead atoms. The van der Waals surface area contributed by atoms with Gasteiger partial charge in [-0.1, -0.05) is 56.3 Å². The number of carboxylic acids is 1. The number of urea groups is 1. The number of aliphatic hydroxyl groups is 1. The van der Waals surface area contributed by atoms with Crippen LogP contribution in [-0.4, -0.2) is 52.6 Å². The fourth-order valence-electron chi connectivity index (χ4n) is 3.42. The molecule has 4 N–H and O–H groups in total. The van der Waals surface area contributed by atoms with E-state index in [1.165, 1.54) is 4.90 Å². The SMILES string of the molecule is CC(C)C(NC(=O)[C@H](Cc1ccccc1)NC(=O)N1CC(O)=Nc2ccccc21)C(=O)O. The molecule has 3 rings (SSSR count). The van der Waals surface area contributed by atoms with E-state index in [1.54, 1.807) is 38.1 Å². The minimum atomic E-state index is -1.15. The Kier molecular flexibility index (Phi) is 7.09. The Balaban J connectivity index is 1.83. The number of hydrogen-bond acceptors (Lipinski definition) is 4. The Hall–Kier alpha value is -3.88. The lowest BCUT2D eigenvalue weighted by atomic mass is 10.0. The van der Waals surface area contributed by atoms with E-state index in [0.717, 1.165) is 5.56 Å². The third-order valence-electron chi connectivity index (χ3n) is 5.09. The summed E-state index contributed by atoms with van der Waals surface area (Å²) in [5.41, 5.74) is 1.72. The molecule has 0 aromatic heterocycles. The maximum Gasteiger partial charge on any atom is 0.326 e. The number of hydrogen-bond donors (Lipinski definition) is 4. The lowest BCUT2D eigenvalue weighted by Gasteiger charge is -2.29. The first kappa shape index (κ1) is 22.8. The molecule has 2 aromatic carbocycles. The lowest BCUT2D eigenvalue weighted by molar-refractivity contribution is -0.143. The summed E-state index contributed by atoms with van der Waals surface area (Å²) in [5.74, 6) is -2.32. The van der Waals surface area contributed by atoms with E-state index in [2.05, 4.69) is 15.6 Å². The topological polar surface area (TPSA) is 131 Å². The summed E-state index contributed by atoms with van der Waals surface area (Å²) < 4.78 is 0. The van der Waals surface area contributed by atoms with Gasteiger partial charge in [0.05, 0.1) is 11.4 Å². The summed E-state index contributed by atoms with van der Waals surface area (Å²) in [7, 11) is 0. The van der Waals surface area contributed by atoms with Crippen LogP contribution in [0, 0.1) is 5.92 Å². The summed E-state index contributed by atoms with van der Waals surface area (Å²) >= 11 is 0. The third kappa shape index (κ3) is 5.42. The largest absolute Gasteiger partial charge is 0.495 e. The van der Waals surface area contributed by atoms with Crippen LogP contribution in [0.2, 0.25) is 0 Å². The summed E-state index contributed by atoms with van der Waals surface area (Å²) in [6.45, 7) is 3.24. The van der Waals surface area contributed by atoms with Crippen LogP contribution in [0.5, 0.6) is 0 Å². The molecule has 1 unspecified atom stereocenters. The van der Waals surface area contributed by atoms with Crippen LogP contribution >= 0.6 is 0 Å². The van der Waals surface area contributed by atoms with Crippen molar-refractivity contribution >= 4 is 35.2 Å². The molecule has 1 heterocycles. The van der Waals surface area contributed by atoms with Gasteiger partial charge in [0.1, 0.15) is 18.6 Å². The summed E-state index contributed by atoms with van der Waals surface area (Å²) in [4.78, 5) is 43.0. The first-order valence-electron chi connectivity index (χ1n) is 10.3. The number of aliphatic carboxylic acids is 1. The smallest absolute Gasteiger partial charge is 0.326 e. The Morgan fingerprint density at radius 1 is 1.03 bits per heavy atom. The van der Waals surface area contributed by atoms with Gasteiger partial charge in [-0.2, -0.15) is 0 Å². The molecule has 168 valence electrons. The van der Waals surface area contributed by atoms with Gasteiger partial charge in [0, 0.05) is 6.42 Å². The number of para-hydroxylation sites is 2. The molecular weight excluding hydrogens is 412 g/mol. The van der Waals surface area contributed by atoms with Crippen LogP contribution in [-0.2, 0) is 16.0 Å². The van der Waals surface area contributed by atoms with Crippen molar-refractivity contribution in [3.05, 3.63) is 60.2 Å². The second-order valence-corrected chi connectivity index (χ2v) is 7.86. The molecule has 0 radical (unpaired) electrons. The average Bonchev–Trinajstić information content (AvgIpc) is 2.76. The van der Waals surface area contributed by atoms with E-state index >= 15 is 0 Å². The number of rotatable bonds is 7. The average molecular weight is 438 g/mol. The molecule has 2 aromatic rings. The summed E-state index contributed by atoms with van der Waals surface area (Å²) in [6, 6.07) is 13.2. The zero-order valence-electron chi connectivity index (χ0n) is 17.9. The molecule has 0 aliphatic carbocycles. The zero-order valence-corrected chi connectivity index (χ0v) is 17.9. The van der Waals surface area contributed by atoms with Crippen molar-refractivity contribution in [1.29, 1.82) is 0 Å². The monoisotopic (exact) mass is 438 g/mol. The standard InChI is InChI=1S/C23H26N4O5/c1-14(2)20(22(30)31)26-21(29)17(12-15-8-4-3-5-9-15)25-23(32)27-13-19(28)24-16-10-6-7-11-18(16)27/h3-11,14,17,20H,12-13H2,1-2H3,(H,24,28)(H,25,32)(H,26,29)(H,30,31)/t17-,20?/m0/s1. The van der Waals surface area contributed by atoms with Crippen molar-refractivity contribution in [2.75, 3.05) is 11.4 Å². The van der Waals surface area contributed by atoms with Crippen LogP contribution in [0.3, 0.4) is 0 Å². The number of carboxylic acid groups (broad SMARTS) is 1. The maximum absolute atomic E-state index is 13.1. The molecule has 0 saturated heterocycles. The maximum atomic E-state index is 13.1. The van der Waals surface area contributed by atoms with Gasteiger partial charge in [-0.15, -0.1) is 0 Å². The normalized spacial score (nSPS) is 14.7. The van der Waals surface area contributed by atoms with Crippen molar-refractivity contribution < 1.29 is 24.6 Å². The van der Waals surface area contributed by atoms with Gasteiger partial charge < -0.3 is 20.8 Å². The van der Waals surface area contributed by atoms with Gasteiger partial charge >= 0.3 is 12.0 Å². The number of aliphatic hydroxyl groups excluding tert-OH is 1. The number of fused-ring (bicyclic) bond motifs is 1. The number of amides is 3. The number of aliphatic imine (C=N–C) groups is 1. The van der Waals surface area contributed by atoms with Crippen molar-refractivity contribution in [2.45, 2.75) is 32.4 Å². The van der Waals surface area contributed by atoms with Gasteiger partial charge in [-0.05, 0) is 23.6 Å². The predicted molar refractivity (Wildman–Crippen MR) is 120 cm³/mol. The highest BCUT2D eigenvalue weighted by Gasteiger charge is 2.31. The minimum Gasteiger partial charge on any atom is -0.495 e. The number of anilines is 1. The van der Waals surface area contributed by atoms with E-state index in [0.29, 0.717) is 11.4 Å². The van der Waals surface area contributed by atoms with Gasteiger partial charge in [-0.25, -0.2) is 14.6 Å². The predicted octanol–water partition coefficient (Wildman–Crippen LogP) is 2.64. The first-order chi connectivity index (χ1) is 15.3. The second kappa shape index (κ2) is 9.95. The highest BCUT2D eigenvalue weighted by atomic mass is 16.4. The lowest BCUT2D eigenvalue weighted by Crippen LogP contribution is -2.56. The Morgan fingerprint density at radius 2 is 1.69 bits per heavy atom. The van der Waals surface area contributed by atoms with Crippen molar-refractivity contribution in [2.24, 2.45) is 10.9 Å². The van der Waals surface area contributed by atoms with Crippen LogP contribution in [0.1, 0.15) is 19.4 Å². The van der Waals surface area contributed by atoms with E-state index in [9.17, 15) is 24.6 Å². The Bertz CT molecular complexity index is 1020. The van der Waals surface area contributed by atoms with E-state index in [-0.39, 0.29) is 24.8 Å². The molecule has 9 nitrogen and oxygen atoms in total. The number of carbonyl (C=O) groups excluding carboxylic acids is 2. The van der Waals surface area contributed by atoms with Crippen LogP contribution in [0.4, 0.5) is 16.2 Å². The van der Waals surface area contributed by atoms with Crippen LogP contribution < -0.4 is 15.5 Å². The molecule has 9 heteroatoms. The van der Waals surface area contributed by atoms with Crippen molar-refractivity contribution in [1.82, 2.24) is 10.6 Å². The molecule has 0 fully saturated rings. The van der Waals surface area contributed by atoms with Gasteiger partial charge in [-0.3, -0.25) is 9.69 Å². The third-order valence-corrected chi connectivity index (χ3v) is 5.09. The first-order valence-corrected chi connectivity index (χ1v) is 10.3. The van der Waals surface area contributed by atoms with Gasteiger partial charge in [0.2, 0.25) is 11.8 Å². The Labute approximate surface area is 185 Å². The number of carbonyl (C=O) groups is 3. The molecule has 3 amide bonds. The van der Waals surface area contributed by atoms with Crippen LogP contribution in [0.25, 0.3) is 0 Å². The van der Waals surface area contributed by atoms with E-state index in [4.69, 9.17) is 0 Å². The van der Waals surface area contributed by atoms with Gasteiger partial charge in [0.25, 0.3) is 0 Å². The quantitative estimate of drug-likeness (QED) is 0.528. The Morgan fingerprint density at radius 3 is 2.34 bits per heavy atom. The molecule has 0 saturated carbocycles. The molecule has 32 heavy (non-hydrogen) atoms. The molecular formula is C23H26N4O5. The van der Waals surface area contributed by atoms with E-state index < -0.39 is 30.0 Å².